The largest absolute Gasteiger partial charge is 0.383 e. The fourth-order valence-electron chi connectivity index (χ4n) is 2.14. The van der Waals surface area contributed by atoms with Gasteiger partial charge in [0.2, 0.25) is 0 Å². The van der Waals surface area contributed by atoms with E-state index in [2.05, 4.69) is 5.32 Å². The molecule has 106 valence electrons. The highest BCUT2D eigenvalue weighted by Crippen LogP contribution is 2.32. The summed E-state index contributed by atoms with van der Waals surface area (Å²) in [5, 5.41) is 3.48. The molecule has 19 heavy (non-hydrogen) atoms. The summed E-state index contributed by atoms with van der Waals surface area (Å²) in [6.45, 7) is 1.47. The first-order valence-electron chi connectivity index (χ1n) is 6.52. The average Bonchev–Trinajstić information content (AvgIpc) is 3.18. The summed E-state index contributed by atoms with van der Waals surface area (Å²) in [6, 6.07) is 7.45. The molecule has 1 fully saturated rings. The first-order valence-corrected chi connectivity index (χ1v) is 8.41. The molecule has 2 rings (SSSR count). The van der Waals surface area contributed by atoms with Gasteiger partial charge in [0.05, 0.1) is 11.5 Å². The molecule has 1 aliphatic rings. The van der Waals surface area contributed by atoms with Crippen molar-refractivity contribution in [1.82, 2.24) is 5.32 Å². The first-order chi connectivity index (χ1) is 9.00. The maximum atomic E-state index is 11.4. The summed E-state index contributed by atoms with van der Waals surface area (Å²) < 4.78 is 27.9. The van der Waals surface area contributed by atoms with Gasteiger partial charge in [-0.15, -0.1) is 0 Å². The van der Waals surface area contributed by atoms with Crippen molar-refractivity contribution in [1.29, 1.82) is 0 Å². The van der Waals surface area contributed by atoms with Crippen LogP contribution in [0.5, 0.6) is 0 Å². The van der Waals surface area contributed by atoms with Crippen LogP contribution in [0.3, 0.4) is 0 Å². The Labute approximate surface area is 115 Å². The summed E-state index contributed by atoms with van der Waals surface area (Å²) in [4.78, 5) is 0.367. The minimum atomic E-state index is -3.10. The Balaban J connectivity index is 1.92. The molecule has 1 aromatic rings. The van der Waals surface area contributed by atoms with Gasteiger partial charge in [0.15, 0.2) is 9.84 Å². The number of ether oxygens (including phenoxy) is 1. The quantitative estimate of drug-likeness (QED) is 0.826. The Bertz CT molecular complexity index is 506. The number of hydrogen-bond donors (Lipinski definition) is 1. The molecule has 1 aromatic carbocycles. The van der Waals surface area contributed by atoms with Gasteiger partial charge < -0.3 is 10.1 Å². The maximum absolute atomic E-state index is 11.4. The lowest BCUT2D eigenvalue weighted by Crippen LogP contribution is -2.34. The van der Waals surface area contributed by atoms with Gasteiger partial charge in [0.25, 0.3) is 0 Å². The minimum Gasteiger partial charge on any atom is -0.383 e. The van der Waals surface area contributed by atoms with Gasteiger partial charge in [-0.1, -0.05) is 12.1 Å². The van der Waals surface area contributed by atoms with Gasteiger partial charge in [-0.25, -0.2) is 8.42 Å². The molecule has 4 nitrogen and oxygen atoms in total. The third kappa shape index (κ3) is 4.30. The van der Waals surface area contributed by atoms with Gasteiger partial charge in [-0.2, -0.15) is 0 Å². The predicted molar refractivity (Wildman–Crippen MR) is 74.8 cm³/mol. The van der Waals surface area contributed by atoms with Crippen LogP contribution in [-0.4, -0.2) is 34.4 Å². The molecular weight excluding hydrogens is 262 g/mol. The maximum Gasteiger partial charge on any atom is 0.175 e. The van der Waals surface area contributed by atoms with Crippen molar-refractivity contribution >= 4 is 9.84 Å². The minimum absolute atomic E-state index is 0.367. The molecule has 1 atom stereocenters. The van der Waals surface area contributed by atoms with Gasteiger partial charge in [0, 0.05) is 26.0 Å². The molecule has 1 unspecified atom stereocenters. The fourth-order valence-corrected chi connectivity index (χ4v) is 2.77. The Morgan fingerprint density at radius 3 is 2.42 bits per heavy atom. The van der Waals surface area contributed by atoms with Crippen molar-refractivity contribution in [3.8, 4) is 0 Å². The van der Waals surface area contributed by atoms with Crippen molar-refractivity contribution < 1.29 is 13.2 Å². The zero-order valence-electron chi connectivity index (χ0n) is 11.4. The molecule has 0 spiro atoms. The zero-order valence-corrected chi connectivity index (χ0v) is 12.2. The third-order valence-electron chi connectivity index (χ3n) is 3.46. The zero-order chi connectivity index (χ0) is 13.9. The molecule has 0 aromatic heterocycles. The number of benzene rings is 1. The molecule has 0 radical (unpaired) electrons. The Morgan fingerprint density at radius 2 is 1.95 bits per heavy atom. The third-order valence-corrected chi connectivity index (χ3v) is 4.59. The Kier molecular flexibility index (Phi) is 4.60. The smallest absolute Gasteiger partial charge is 0.175 e. The molecule has 0 bridgehead atoms. The van der Waals surface area contributed by atoms with Crippen molar-refractivity contribution in [2.24, 2.45) is 5.92 Å². The molecule has 0 amide bonds. The lowest BCUT2D eigenvalue weighted by molar-refractivity contribution is 0.157. The van der Waals surface area contributed by atoms with Crippen LogP contribution < -0.4 is 5.32 Å². The van der Waals surface area contributed by atoms with Crippen LogP contribution in [0.15, 0.2) is 29.2 Å². The first kappa shape index (κ1) is 14.5. The summed E-state index contributed by atoms with van der Waals surface area (Å²) in [6.07, 6.45) is 3.77. The standard InChI is InChI=1S/C14H21NO3S/c1-18-10-14(12-5-6-12)15-9-11-3-7-13(8-4-11)19(2,16)17/h3-4,7-8,12,14-15H,5-6,9-10H2,1-2H3. The highest BCUT2D eigenvalue weighted by atomic mass is 32.2. The number of nitrogens with one attached hydrogen (secondary N) is 1. The highest BCUT2D eigenvalue weighted by Gasteiger charge is 2.30. The topological polar surface area (TPSA) is 55.4 Å². The summed E-state index contributed by atoms with van der Waals surface area (Å²) in [5.74, 6) is 0.732. The van der Waals surface area contributed by atoms with Gasteiger partial charge in [0.1, 0.15) is 0 Å². The van der Waals surface area contributed by atoms with Gasteiger partial charge >= 0.3 is 0 Å². The second kappa shape index (κ2) is 6.03. The van der Waals surface area contributed by atoms with E-state index in [4.69, 9.17) is 4.74 Å². The Hall–Kier alpha value is -0.910. The van der Waals surface area contributed by atoms with Crippen LogP contribution in [-0.2, 0) is 21.1 Å². The Morgan fingerprint density at radius 1 is 1.32 bits per heavy atom. The van der Waals surface area contributed by atoms with Crippen molar-refractivity contribution in [2.45, 2.75) is 30.3 Å². The summed E-state index contributed by atoms with van der Waals surface area (Å²) >= 11 is 0. The van der Waals surface area contributed by atoms with Crippen molar-refractivity contribution in [3.63, 3.8) is 0 Å². The lowest BCUT2D eigenvalue weighted by Gasteiger charge is -2.17. The second-order valence-electron chi connectivity index (χ2n) is 5.20. The molecule has 5 heteroatoms. The highest BCUT2D eigenvalue weighted by molar-refractivity contribution is 7.90. The van der Waals surface area contributed by atoms with E-state index in [1.54, 1.807) is 19.2 Å². The number of hydrogen-bond acceptors (Lipinski definition) is 4. The molecule has 1 aliphatic carbocycles. The second-order valence-corrected chi connectivity index (χ2v) is 7.21. The molecule has 1 N–H and O–H groups in total. The number of sulfone groups is 1. The molecule has 0 aliphatic heterocycles. The van der Waals surface area contributed by atoms with Gasteiger partial charge in [-0.3, -0.25) is 0 Å². The van der Waals surface area contributed by atoms with E-state index >= 15 is 0 Å². The van der Waals surface area contributed by atoms with E-state index < -0.39 is 9.84 Å². The van der Waals surface area contributed by atoms with E-state index in [9.17, 15) is 8.42 Å². The average molecular weight is 283 g/mol. The molecule has 1 saturated carbocycles. The number of rotatable bonds is 7. The van der Waals surface area contributed by atoms with Gasteiger partial charge in [-0.05, 0) is 36.5 Å². The van der Waals surface area contributed by atoms with E-state index in [1.807, 2.05) is 12.1 Å². The molecule has 0 heterocycles. The number of methoxy groups -OCH3 is 1. The van der Waals surface area contributed by atoms with Crippen molar-refractivity contribution in [2.75, 3.05) is 20.0 Å². The summed E-state index contributed by atoms with van der Waals surface area (Å²) in [7, 11) is -1.38. The fraction of sp³-hybridized carbons (Fsp3) is 0.571. The van der Waals surface area contributed by atoms with Crippen molar-refractivity contribution in [3.05, 3.63) is 29.8 Å². The van der Waals surface area contributed by atoms with Crippen LogP contribution in [0, 0.1) is 5.92 Å². The van der Waals surface area contributed by atoms with Crippen LogP contribution in [0.1, 0.15) is 18.4 Å². The van der Waals surface area contributed by atoms with Crippen LogP contribution in [0.4, 0.5) is 0 Å². The monoisotopic (exact) mass is 283 g/mol. The molecular formula is C14H21NO3S. The van der Waals surface area contributed by atoms with Crippen LogP contribution in [0.2, 0.25) is 0 Å². The lowest BCUT2D eigenvalue weighted by atomic mass is 10.1. The predicted octanol–water partition coefficient (Wildman–Crippen LogP) is 1.60. The normalized spacial score (nSPS) is 17.4. The SMILES string of the molecule is COCC(NCc1ccc(S(C)(=O)=O)cc1)C1CC1. The van der Waals surface area contributed by atoms with Crippen LogP contribution in [0.25, 0.3) is 0 Å². The van der Waals surface area contributed by atoms with Crippen LogP contribution >= 0.6 is 0 Å². The molecule has 0 saturated heterocycles. The van der Waals surface area contributed by atoms with E-state index in [1.165, 1.54) is 19.1 Å². The van der Waals surface area contributed by atoms with E-state index in [-0.39, 0.29) is 0 Å². The van der Waals surface area contributed by atoms with E-state index in [0.717, 1.165) is 24.6 Å². The van der Waals surface area contributed by atoms with E-state index in [0.29, 0.717) is 10.9 Å². The summed E-state index contributed by atoms with van der Waals surface area (Å²) in [5.41, 5.74) is 1.09.